The lowest BCUT2D eigenvalue weighted by Crippen LogP contribution is -2.41. The van der Waals surface area contributed by atoms with Gasteiger partial charge >= 0.3 is 5.97 Å². The number of hydrogen-bond acceptors (Lipinski definition) is 4. The molecule has 1 rings (SSSR count). The summed E-state index contributed by atoms with van der Waals surface area (Å²) in [5, 5.41) is 3.53. The summed E-state index contributed by atoms with van der Waals surface area (Å²) in [6, 6.07) is 5.22. The summed E-state index contributed by atoms with van der Waals surface area (Å²) >= 11 is 5.99. The molecule has 0 spiro atoms. The molecule has 1 N–H and O–H groups in total. The third kappa shape index (κ3) is 3.27. The second-order valence-electron chi connectivity index (χ2n) is 4.09. The zero-order valence-corrected chi connectivity index (χ0v) is 11.1. The van der Waals surface area contributed by atoms with Crippen LogP contribution in [-0.4, -0.2) is 25.7 Å². The molecule has 0 amide bonds. The summed E-state index contributed by atoms with van der Waals surface area (Å²) in [4.78, 5) is 11.5. The van der Waals surface area contributed by atoms with E-state index < -0.39 is 5.54 Å². The molecule has 0 heterocycles. The van der Waals surface area contributed by atoms with E-state index in [1.807, 2.05) is 0 Å². The number of halogens is 1. The number of rotatable bonds is 4. The van der Waals surface area contributed by atoms with Gasteiger partial charge in [-0.05, 0) is 32.0 Å². The minimum absolute atomic E-state index is 0.343. The van der Waals surface area contributed by atoms with Crippen LogP contribution in [0.5, 0.6) is 5.75 Å². The van der Waals surface area contributed by atoms with Crippen LogP contribution in [0, 0.1) is 0 Å². The molecule has 0 atom stereocenters. The van der Waals surface area contributed by atoms with E-state index in [1.165, 1.54) is 7.11 Å². The van der Waals surface area contributed by atoms with E-state index in [2.05, 4.69) is 5.32 Å². The van der Waals surface area contributed by atoms with Crippen LogP contribution in [-0.2, 0) is 9.53 Å². The third-order valence-corrected chi connectivity index (χ3v) is 2.60. The van der Waals surface area contributed by atoms with Crippen LogP contribution >= 0.6 is 11.6 Å². The first-order chi connectivity index (χ1) is 7.90. The molecular formula is C12H16ClNO3. The monoisotopic (exact) mass is 257 g/mol. The fraction of sp³-hybridized carbons (Fsp3) is 0.417. The van der Waals surface area contributed by atoms with Crippen LogP contribution in [0.4, 0.5) is 5.69 Å². The second kappa shape index (κ2) is 5.27. The van der Waals surface area contributed by atoms with Crippen molar-refractivity contribution in [3.05, 3.63) is 23.2 Å². The summed E-state index contributed by atoms with van der Waals surface area (Å²) in [5.74, 6) is 0.248. The minimum Gasteiger partial charge on any atom is -0.495 e. The Bertz CT molecular complexity index is 418. The molecule has 0 saturated heterocycles. The summed E-state index contributed by atoms with van der Waals surface area (Å²) in [6.45, 7) is 3.47. The Morgan fingerprint density at radius 1 is 1.35 bits per heavy atom. The van der Waals surface area contributed by atoms with E-state index >= 15 is 0 Å². The lowest BCUT2D eigenvalue weighted by Gasteiger charge is -2.24. The SMILES string of the molecule is COC(=O)C(C)(C)Nc1ccc(OC)c(Cl)c1. The molecule has 0 aromatic heterocycles. The van der Waals surface area contributed by atoms with Crippen LogP contribution in [0.3, 0.4) is 0 Å². The average molecular weight is 258 g/mol. The van der Waals surface area contributed by atoms with Crippen molar-refractivity contribution in [2.75, 3.05) is 19.5 Å². The number of methoxy groups -OCH3 is 2. The van der Waals surface area contributed by atoms with E-state index in [9.17, 15) is 4.79 Å². The van der Waals surface area contributed by atoms with Crippen LogP contribution in [0.2, 0.25) is 5.02 Å². The van der Waals surface area contributed by atoms with Gasteiger partial charge in [-0.3, -0.25) is 0 Å². The van der Waals surface area contributed by atoms with Crippen molar-refractivity contribution in [2.45, 2.75) is 19.4 Å². The zero-order chi connectivity index (χ0) is 13.1. The lowest BCUT2D eigenvalue weighted by atomic mass is 10.1. The van der Waals surface area contributed by atoms with Gasteiger partial charge in [0.15, 0.2) is 0 Å². The number of nitrogens with one attached hydrogen (secondary N) is 1. The van der Waals surface area contributed by atoms with E-state index in [4.69, 9.17) is 21.1 Å². The Kier molecular flexibility index (Phi) is 4.23. The molecule has 94 valence electrons. The molecule has 0 bridgehead atoms. The van der Waals surface area contributed by atoms with Gasteiger partial charge in [-0.2, -0.15) is 0 Å². The predicted molar refractivity (Wildman–Crippen MR) is 67.7 cm³/mol. The first-order valence-corrected chi connectivity index (χ1v) is 5.48. The Morgan fingerprint density at radius 2 is 2.00 bits per heavy atom. The number of anilines is 1. The Balaban J connectivity index is 2.89. The molecule has 4 nitrogen and oxygen atoms in total. The fourth-order valence-electron chi connectivity index (χ4n) is 1.41. The van der Waals surface area contributed by atoms with Crippen molar-refractivity contribution >= 4 is 23.3 Å². The number of carbonyl (C=O) groups excluding carboxylic acids is 1. The summed E-state index contributed by atoms with van der Waals surface area (Å²) in [7, 11) is 2.90. The minimum atomic E-state index is -0.813. The number of hydrogen-bond donors (Lipinski definition) is 1. The Labute approximate surface area is 106 Å². The second-order valence-corrected chi connectivity index (χ2v) is 4.50. The van der Waals surface area contributed by atoms with Gasteiger partial charge in [0.05, 0.1) is 19.2 Å². The number of carbonyl (C=O) groups is 1. The highest BCUT2D eigenvalue weighted by atomic mass is 35.5. The van der Waals surface area contributed by atoms with Crippen molar-refractivity contribution in [1.82, 2.24) is 0 Å². The maximum Gasteiger partial charge on any atom is 0.330 e. The van der Waals surface area contributed by atoms with Gasteiger partial charge in [0.1, 0.15) is 11.3 Å². The summed E-state index contributed by atoms with van der Waals surface area (Å²) < 4.78 is 9.75. The van der Waals surface area contributed by atoms with E-state index in [-0.39, 0.29) is 5.97 Å². The van der Waals surface area contributed by atoms with E-state index in [0.29, 0.717) is 10.8 Å². The lowest BCUT2D eigenvalue weighted by molar-refractivity contribution is -0.144. The Hall–Kier alpha value is -1.42. The van der Waals surface area contributed by atoms with Crippen molar-refractivity contribution in [2.24, 2.45) is 0 Å². The van der Waals surface area contributed by atoms with Gasteiger partial charge < -0.3 is 14.8 Å². The number of esters is 1. The van der Waals surface area contributed by atoms with Crippen molar-refractivity contribution in [3.63, 3.8) is 0 Å². The van der Waals surface area contributed by atoms with Crippen LogP contribution in [0.25, 0.3) is 0 Å². The highest BCUT2D eigenvalue weighted by Crippen LogP contribution is 2.28. The Morgan fingerprint density at radius 3 is 2.47 bits per heavy atom. The van der Waals surface area contributed by atoms with Crippen LogP contribution in [0.15, 0.2) is 18.2 Å². The molecule has 1 aromatic carbocycles. The molecule has 0 unspecified atom stereocenters. The average Bonchev–Trinajstić information content (AvgIpc) is 2.27. The highest BCUT2D eigenvalue weighted by Gasteiger charge is 2.28. The molecule has 0 fully saturated rings. The van der Waals surface area contributed by atoms with Gasteiger partial charge in [-0.25, -0.2) is 4.79 Å². The largest absolute Gasteiger partial charge is 0.495 e. The predicted octanol–water partition coefficient (Wildman–Crippen LogP) is 2.71. The smallest absolute Gasteiger partial charge is 0.330 e. The highest BCUT2D eigenvalue weighted by molar-refractivity contribution is 6.32. The molecule has 0 aliphatic rings. The molecule has 5 heteroatoms. The molecule has 17 heavy (non-hydrogen) atoms. The van der Waals surface area contributed by atoms with E-state index in [1.54, 1.807) is 39.2 Å². The summed E-state index contributed by atoms with van der Waals surface area (Å²) in [5.41, 5.74) is -0.0849. The summed E-state index contributed by atoms with van der Waals surface area (Å²) in [6.07, 6.45) is 0. The molecule has 0 aliphatic heterocycles. The molecule has 1 aromatic rings. The van der Waals surface area contributed by atoms with Gasteiger partial charge in [-0.1, -0.05) is 11.6 Å². The van der Waals surface area contributed by atoms with Gasteiger partial charge in [0.2, 0.25) is 0 Å². The fourth-order valence-corrected chi connectivity index (χ4v) is 1.67. The number of ether oxygens (including phenoxy) is 2. The maximum atomic E-state index is 11.5. The van der Waals surface area contributed by atoms with Crippen molar-refractivity contribution in [1.29, 1.82) is 0 Å². The maximum absolute atomic E-state index is 11.5. The molecule has 0 aliphatic carbocycles. The first-order valence-electron chi connectivity index (χ1n) is 5.11. The van der Waals surface area contributed by atoms with Gasteiger partial charge in [0, 0.05) is 5.69 Å². The number of benzene rings is 1. The van der Waals surface area contributed by atoms with Gasteiger partial charge in [-0.15, -0.1) is 0 Å². The van der Waals surface area contributed by atoms with Crippen LogP contribution < -0.4 is 10.1 Å². The van der Waals surface area contributed by atoms with Gasteiger partial charge in [0.25, 0.3) is 0 Å². The first kappa shape index (κ1) is 13.6. The molecule has 0 radical (unpaired) electrons. The third-order valence-electron chi connectivity index (χ3n) is 2.30. The van der Waals surface area contributed by atoms with Crippen molar-refractivity contribution < 1.29 is 14.3 Å². The standard InChI is InChI=1S/C12H16ClNO3/c1-12(2,11(15)17-4)14-8-5-6-10(16-3)9(13)7-8/h5-7,14H,1-4H3. The topological polar surface area (TPSA) is 47.6 Å². The normalized spacial score (nSPS) is 10.9. The molecular weight excluding hydrogens is 242 g/mol. The molecule has 0 saturated carbocycles. The van der Waals surface area contributed by atoms with E-state index in [0.717, 1.165) is 5.69 Å². The quantitative estimate of drug-likeness (QED) is 0.843. The van der Waals surface area contributed by atoms with Crippen molar-refractivity contribution in [3.8, 4) is 5.75 Å². The van der Waals surface area contributed by atoms with Crippen LogP contribution in [0.1, 0.15) is 13.8 Å². The zero-order valence-electron chi connectivity index (χ0n) is 10.3.